The molecule has 2 fully saturated rings. The van der Waals surface area contributed by atoms with Crippen LogP contribution in [0.5, 0.6) is 0 Å². The first kappa shape index (κ1) is 13.6. The minimum Gasteiger partial charge on any atom is -0.381 e. The van der Waals surface area contributed by atoms with Gasteiger partial charge in [-0.05, 0) is 19.8 Å². The predicted molar refractivity (Wildman–Crippen MR) is 68.5 cm³/mol. The van der Waals surface area contributed by atoms with Gasteiger partial charge in [0, 0.05) is 25.6 Å². The molecule has 2 atom stereocenters. The Morgan fingerprint density at radius 2 is 2.33 bits per heavy atom. The van der Waals surface area contributed by atoms with E-state index >= 15 is 0 Å². The largest absolute Gasteiger partial charge is 0.381 e. The number of amides is 2. The minimum absolute atomic E-state index is 0.0323. The van der Waals surface area contributed by atoms with Gasteiger partial charge < -0.3 is 19.7 Å². The van der Waals surface area contributed by atoms with Crippen LogP contribution in [-0.4, -0.2) is 56.0 Å². The molecular formula is C13H24N2O3. The zero-order valence-corrected chi connectivity index (χ0v) is 11.4. The van der Waals surface area contributed by atoms with E-state index in [2.05, 4.69) is 19.2 Å². The van der Waals surface area contributed by atoms with Crippen molar-refractivity contribution in [3.8, 4) is 0 Å². The van der Waals surface area contributed by atoms with E-state index in [0.29, 0.717) is 25.6 Å². The van der Waals surface area contributed by atoms with Crippen LogP contribution >= 0.6 is 0 Å². The van der Waals surface area contributed by atoms with Gasteiger partial charge in [-0.15, -0.1) is 0 Å². The molecule has 5 heteroatoms. The molecule has 18 heavy (non-hydrogen) atoms. The molecule has 2 rings (SSSR count). The Labute approximate surface area is 109 Å². The van der Waals surface area contributed by atoms with E-state index < -0.39 is 0 Å². The standard InChI is InChI=1S/C13H24N2O3/c1-3-13(2)10-15(5-7-18-13)12(16)14-8-11-4-6-17-9-11/h11H,3-10H2,1-2H3,(H,14,16)/t11-,13-/m1/s1. The molecule has 0 unspecified atom stereocenters. The van der Waals surface area contributed by atoms with Crippen LogP contribution in [0, 0.1) is 5.92 Å². The summed E-state index contributed by atoms with van der Waals surface area (Å²) in [5.74, 6) is 0.479. The Balaban J connectivity index is 1.77. The summed E-state index contributed by atoms with van der Waals surface area (Å²) in [7, 11) is 0. The molecule has 0 aromatic carbocycles. The maximum atomic E-state index is 12.1. The van der Waals surface area contributed by atoms with Crippen LogP contribution in [0.2, 0.25) is 0 Å². The van der Waals surface area contributed by atoms with Crippen LogP contribution in [0.25, 0.3) is 0 Å². The maximum Gasteiger partial charge on any atom is 0.317 e. The Kier molecular flexibility index (Phi) is 4.45. The number of hydrogen-bond donors (Lipinski definition) is 1. The van der Waals surface area contributed by atoms with E-state index in [1.165, 1.54) is 0 Å². The van der Waals surface area contributed by atoms with Crippen LogP contribution in [0.1, 0.15) is 26.7 Å². The molecule has 0 aliphatic carbocycles. The van der Waals surface area contributed by atoms with E-state index in [1.54, 1.807) is 0 Å². The highest BCUT2D eigenvalue weighted by molar-refractivity contribution is 5.74. The molecule has 0 aromatic rings. The number of urea groups is 1. The summed E-state index contributed by atoms with van der Waals surface area (Å²) in [4.78, 5) is 13.9. The predicted octanol–water partition coefficient (Wildman–Crippen LogP) is 1.23. The lowest BCUT2D eigenvalue weighted by molar-refractivity contribution is -0.0873. The van der Waals surface area contributed by atoms with Crippen molar-refractivity contribution in [2.45, 2.75) is 32.3 Å². The Bertz CT molecular complexity index is 292. The Morgan fingerprint density at radius 3 is 3.00 bits per heavy atom. The van der Waals surface area contributed by atoms with Crippen LogP contribution in [0.4, 0.5) is 4.79 Å². The van der Waals surface area contributed by atoms with Gasteiger partial charge in [-0.25, -0.2) is 4.79 Å². The van der Waals surface area contributed by atoms with Gasteiger partial charge in [-0.2, -0.15) is 0 Å². The fraction of sp³-hybridized carbons (Fsp3) is 0.923. The Morgan fingerprint density at radius 1 is 1.50 bits per heavy atom. The molecule has 2 aliphatic rings. The van der Waals surface area contributed by atoms with E-state index in [4.69, 9.17) is 9.47 Å². The highest BCUT2D eigenvalue weighted by Crippen LogP contribution is 2.21. The van der Waals surface area contributed by atoms with E-state index in [9.17, 15) is 4.79 Å². The molecular weight excluding hydrogens is 232 g/mol. The van der Waals surface area contributed by atoms with Gasteiger partial charge in [0.15, 0.2) is 0 Å². The van der Waals surface area contributed by atoms with Gasteiger partial charge in [0.2, 0.25) is 0 Å². The van der Waals surface area contributed by atoms with Crippen LogP contribution < -0.4 is 5.32 Å². The molecule has 0 spiro atoms. The van der Waals surface area contributed by atoms with Crippen molar-refractivity contribution in [2.24, 2.45) is 5.92 Å². The monoisotopic (exact) mass is 256 g/mol. The van der Waals surface area contributed by atoms with Gasteiger partial charge in [0.1, 0.15) is 0 Å². The topological polar surface area (TPSA) is 50.8 Å². The fourth-order valence-electron chi connectivity index (χ4n) is 2.41. The molecule has 104 valence electrons. The summed E-state index contributed by atoms with van der Waals surface area (Å²) in [6.07, 6.45) is 1.98. The molecule has 0 bridgehead atoms. The summed E-state index contributed by atoms with van der Waals surface area (Å²) >= 11 is 0. The third-order valence-corrected chi connectivity index (χ3v) is 3.94. The lowest BCUT2D eigenvalue weighted by atomic mass is 10.0. The lowest BCUT2D eigenvalue weighted by Crippen LogP contribution is -2.54. The first-order chi connectivity index (χ1) is 8.63. The zero-order valence-electron chi connectivity index (χ0n) is 11.4. The number of ether oxygens (including phenoxy) is 2. The lowest BCUT2D eigenvalue weighted by Gasteiger charge is -2.40. The van der Waals surface area contributed by atoms with Gasteiger partial charge in [-0.1, -0.05) is 6.92 Å². The number of nitrogens with zero attached hydrogens (tertiary/aromatic N) is 1. The fourth-order valence-corrected chi connectivity index (χ4v) is 2.41. The first-order valence-electron chi connectivity index (χ1n) is 6.87. The smallest absolute Gasteiger partial charge is 0.317 e. The quantitative estimate of drug-likeness (QED) is 0.826. The van der Waals surface area contributed by atoms with Crippen LogP contribution in [-0.2, 0) is 9.47 Å². The van der Waals surface area contributed by atoms with Gasteiger partial charge >= 0.3 is 6.03 Å². The number of rotatable bonds is 3. The normalized spacial score (nSPS) is 32.6. The minimum atomic E-state index is -0.188. The summed E-state index contributed by atoms with van der Waals surface area (Å²) in [5.41, 5.74) is -0.188. The number of carbonyl (C=O) groups excluding carboxylic acids is 1. The molecule has 0 radical (unpaired) electrons. The third kappa shape index (κ3) is 3.36. The second-order valence-corrected chi connectivity index (χ2v) is 5.49. The van der Waals surface area contributed by atoms with Gasteiger partial charge in [0.05, 0.1) is 25.4 Å². The van der Waals surface area contributed by atoms with Crippen LogP contribution in [0.3, 0.4) is 0 Å². The van der Waals surface area contributed by atoms with Gasteiger partial charge in [-0.3, -0.25) is 0 Å². The van der Waals surface area contributed by atoms with Crippen molar-refractivity contribution in [2.75, 3.05) is 39.5 Å². The van der Waals surface area contributed by atoms with E-state index in [0.717, 1.165) is 32.6 Å². The van der Waals surface area contributed by atoms with Gasteiger partial charge in [0.25, 0.3) is 0 Å². The summed E-state index contributed by atoms with van der Waals surface area (Å²) in [6.45, 7) is 8.47. The van der Waals surface area contributed by atoms with E-state index in [1.807, 2.05) is 4.90 Å². The van der Waals surface area contributed by atoms with Crippen molar-refractivity contribution in [3.05, 3.63) is 0 Å². The SMILES string of the molecule is CC[C@]1(C)CN(C(=O)NC[C@H]2CCOC2)CCO1. The van der Waals surface area contributed by atoms with Crippen molar-refractivity contribution in [3.63, 3.8) is 0 Å². The molecule has 2 heterocycles. The van der Waals surface area contributed by atoms with Crippen LogP contribution in [0.15, 0.2) is 0 Å². The Hall–Kier alpha value is -0.810. The third-order valence-electron chi connectivity index (χ3n) is 3.94. The zero-order chi connectivity index (χ0) is 13.0. The maximum absolute atomic E-state index is 12.1. The molecule has 0 aromatic heterocycles. The highest BCUT2D eigenvalue weighted by Gasteiger charge is 2.32. The number of hydrogen-bond acceptors (Lipinski definition) is 3. The highest BCUT2D eigenvalue weighted by atomic mass is 16.5. The second kappa shape index (κ2) is 5.89. The number of nitrogens with one attached hydrogen (secondary N) is 1. The summed E-state index contributed by atoms with van der Waals surface area (Å²) in [6, 6.07) is 0.0323. The second-order valence-electron chi connectivity index (χ2n) is 5.49. The van der Waals surface area contributed by atoms with Crippen molar-refractivity contribution in [1.82, 2.24) is 10.2 Å². The molecule has 1 N–H and O–H groups in total. The summed E-state index contributed by atoms with van der Waals surface area (Å²) in [5, 5.41) is 3.01. The molecule has 5 nitrogen and oxygen atoms in total. The molecule has 0 saturated carbocycles. The first-order valence-corrected chi connectivity index (χ1v) is 6.87. The van der Waals surface area contributed by atoms with Crippen molar-refractivity contribution >= 4 is 6.03 Å². The van der Waals surface area contributed by atoms with Crippen molar-refractivity contribution in [1.29, 1.82) is 0 Å². The van der Waals surface area contributed by atoms with E-state index in [-0.39, 0.29) is 11.6 Å². The average molecular weight is 256 g/mol. The summed E-state index contributed by atoms with van der Waals surface area (Å²) < 4.78 is 11.0. The number of carbonyl (C=O) groups is 1. The average Bonchev–Trinajstić information content (AvgIpc) is 2.89. The van der Waals surface area contributed by atoms with Crippen molar-refractivity contribution < 1.29 is 14.3 Å². The molecule has 2 amide bonds. The molecule has 2 saturated heterocycles. The number of morpholine rings is 1. The molecule has 2 aliphatic heterocycles.